The van der Waals surface area contributed by atoms with E-state index in [0.717, 1.165) is 26.2 Å². The van der Waals surface area contributed by atoms with Crippen molar-refractivity contribution >= 4 is 0 Å². The molecule has 0 bridgehead atoms. The molecule has 1 rings (SSSR count). The van der Waals surface area contributed by atoms with Crippen LogP contribution < -0.4 is 5.32 Å². The molecule has 0 radical (unpaired) electrons. The van der Waals surface area contributed by atoms with Crippen LogP contribution in [0, 0.1) is 11.3 Å². The summed E-state index contributed by atoms with van der Waals surface area (Å²) >= 11 is 0. The van der Waals surface area contributed by atoms with Crippen molar-refractivity contribution in [3.63, 3.8) is 0 Å². The van der Waals surface area contributed by atoms with Crippen molar-refractivity contribution in [2.24, 2.45) is 0 Å². The molecule has 0 spiro atoms. The van der Waals surface area contributed by atoms with Crippen molar-refractivity contribution in [2.45, 2.75) is 38.3 Å². The van der Waals surface area contributed by atoms with Crippen molar-refractivity contribution in [2.75, 3.05) is 33.4 Å². The smallest absolute Gasteiger partial charge is 0.116 e. The molecule has 92 valence electrons. The van der Waals surface area contributed by atoms with Gasteiger partial charge in [0.2, 0.25) is 0 Å². The Bertz CT molecular complexity index is 247. The summed E-state index contributed by atoms with van der Waals surface area (Å²) in [7, 11) is 1.72. The van der Waals surface area contributed by atoms with E-state index in [1.807, 2.05) is 13.8 Å². The number of rotatable bonds is 8. The van der Waals surface area contributed by atoms with Crippen LogP contribution in [0.4, 0.5) is 0 Å². The Kier molecular flexibility index (Phi) is 5.20. The number of methoxy groups -OCH3 is 1. The molecule has 4 nitrogen and oxygen atoms in total. The van der Waals surface area contributed by atoms with Crippen LogP contribution in [-0.2, 0) is 4.74 Å². The molecule has 4 heteroatoms. The van der Waals surface area contributed by atoms with E-state index in [4.69, 9.17) is 4.74 Å². The predicted molar refractivity (Wildman–Crippen MR) is 64.2 cm³/mol. The van der Waals surface area contributed by atoms with Gasteiger partial charge in [0, 0.05) is 26.2 Å². The maximum Gasteiger partial charge on any atom is 0.116 e. The van der Waals surface area contributed by atoms with Gasteiger partial charge in [-0.3, -0.25) is 10.2 Å². The van der Waals surface area contributed by atoms with E-state index in [-0.39, 0.29) is 0 Å². The van der Waals surface area contributed by atoms with E-state index in [2.05, 4.69) is 16.3 Å². The Morgan fingerprint density at radius 3 is 2.69 bits per heavy atom. The Labute approximate surface area is 98.6 Å². The van der Waals surface area contributed by atoms with Gasteiger partial charge in [-0.15, -0.1) is 0 Å². The van der Waals surface area contributed by atoms with E-state index in [1.165, 1.54) is 12.8 Å². The van der Waals surface area contributed by atoms with Crippen LogP contribution in [0.15, 0.2) is 0 Å². The van der Waals surface area contributed by atoms with Crippen LogP contribution in [0.5, 0.6) is 0 Å². The lowest BCUT2D eigenvalue weighted by Gasteiger charge is -2.31. The lowest BCUT2D eigenvalue weighted by Crippen LogP contribution is -2.51. The summed E-state index contributed by atoms with van der Waals surface area (Å²) in [5, 5.41) is 12.5. The van der Waals surface area contributed by atoms with Gasteiger partial charge in [0.1, 0.15) is 5.54 Å². The second-order valence-corrected chi connectivity index (χ2v) is 4.67. The molecular formula is C12H23N3O. The molecule has 0 aromatic heterocycles. The molecule has 0 aromatic rings. The number of likely N-dealkylation sites (N-methyl/N-ethyl adjacent to an activating group) is 1. The first-order valence-electron chi connectivity index (χ1n) is 6.04. The van der Waals surface area contributed by atoms with Gasteiger partial charge in [-0.2, -0.15) is 5.26 Å². The highest BCUT2D eigenvalue weighted by atomic mass is 16.5. The van der Waals surface area contributed by atoms with Crippen LogP contribution in [0.25, 0.3) is 0 Å². The molecule has 1 aliphatic carbocycles. The van der Waals surface area contributed by atoms with Gasteiger partial charge in [-0.05, 0) is 26.3 Å². The van der Waals surface area contributed by atoms with Crippen LogP contribution >= 0.6 is 0 Å². The Hall–Kier alpha value is -0.630. The van der Waals surface area contributed by atoms with Crippen molar-refractivity contribution in [3.8, 4) is 6.07 Å². The molecule has 1 aliphatic rings. The average molecular weight is 225 g/mol. The molecule has 1 saturated carbocycles. The summed E-state index contributed by atoms with van der Waals surface area (Å²) in [5.74, 6) is 0. The fourth-order valence-corrected chi connectivity index (χ4v) is 1.97. The quantitative estimate of drug-likeness (QED) is 0.669. The molecule has 0 aliphatic heterocycles. The summed E-state index contributed by atoms with van der Waals surface area (Å²) in [6.45, 7) is 7.27. The van der Waals surface area contributed by atoms with Crippen molar-refractivity contribution in [1.29, 1.82) is 5.26 Å². The molecule has 0 saturated heterocycles. The summed E-state index contributed by atoms with van der Waals surface area (Å²) in [4.78, 5) is 2.37. The number of hydrogen-bond acceptors (Lipinski definition) is 4. The Morgan fingerprint density at radius 1 is 1.56 bits per heavy atom. The van der Waals surface area contributed by atoms with Crippen LogP contribution in [0.3, 0.4) is 0 Å². The lowest BCUT2D eigenvalue weighted by molar-refractivity contribution is 0.130. The van der Waals surface area contributed by atoms with Gasteiger partial charge in [0.15, 0.2) is 0 Å². The van der Waals surface area contributed by atoms with Crippen LogP contribution in [0.1, 0.15) is 26.7 Å². The number of ether oxygens (including phenoxy) is 1. The Balaban J connectivity index is 2.48. The topological polar surface area (TPSA) is 48.3 Å². The van der Waals surface area contributed by atoms with E-state index in [0.29, 0.717) is 6.04 Å². The average Bonchev–Trinajstić information content (AvgIpc) is 3.08. The molecule has 0 amide bonds. The third kappa shape index (κ3) is 4.09. The van der Waals surface area contributed by atoms with Gasteiger partial charge >= 0.3 is 0 Å². The fraction of sp³-hybridized carbons (Fsp3) is 0.917. The minimum Gasteiger partial charge on any atom is -0.383 e. The first-order valence-corrected chi connectivity index (χ1v) is 6.04. The van der Waals surface area contributed by atoms with Gasteiger partial charge in [-0.25, -0.2) is 0 Å². The predicted octanol–water partition coefficient (Wildman–Crippen LogP) is 0.989. The fourth-order valence-electron chi connectivity index (χ4n) is 1.97. The zero-order valence-corrected chi connectivity index (χ0v) is 10.6. The summed E-state index contributed by atoms with van der Waals surface area (Å²) in [5.41, 5.74) is -0.439. The monoisotopic (exact) mass is 225 g/mol. The summed E-state index contributed by atoms with van der Waals surface area (Å²) in [6.07, 6.45) is 2.52. The number of nitrogens with one attached hydrogen (secondary N) is 1. The maximum absolute atomic E-state index is 9.22. The normalized spacial score (nSPS) is 19.4. The minimum absolute atomic E-state index is 0.439. The van der Waals surface area contributed by atoms with E-state index in [1.54, 1.807) is 7.11 Å². The SMILES string of the molecule is CCNC(C)(C#N)CN(CCOC)C1CC1. The molecule has 0 heterocycles. The van der Waals surface area contributed by atoms with Crippen LogP contribution in [-0.4, -0.2) is 49.8 Å². The standard InChI is InChI=1S/C12H23N3O/c1-4-14-12(2,9-13)10-15(7-8-16-3)11-5-6-11/h11,14H,4-8,10H2,1-3H3. The second-order valence-electron chi connectivity index (χ2n) is 4.67. The van der Waals surface area contributed by atoms with Crippen molar-refractivity contribution in [3.05, 3.63) is 0 Å². The molecule has 1 fully saturated rings. The second kappa shape index (κ2) is 6.19. The summed E-state index contributed by atoms with van der Waals surface area (Å²) < 4.78 is 5.11. The highest BCUT2D eigenvalue weighted by Gasteiger charge is 2.34. The molecule has 1 unspecified atom stereocenters. The molecule has 1 N–H and O–H groups in total. The molecule has 1 atom stereocenters. The van der Waals surface area contributed by atoms with E-state index < -0.39 is 5.54 Å². The Morgan fingerprint density at radius 2 is 2.25 bits per heavy atom. The van der Waals surface area contributed by atoms with Gasteiger partial charge < -0.3 is 4.74 Å². The first-order chi connectivity index (χ1) is 7.65. The highest BCUT2D eigenvalue weighted by molar-refractivity contribution is 5.07. The zero-order valence-electron chi connectivity index (χ0n) is 10.6. The van der Waals surface area contributed by atoms with Crippen LogP contribution in [0.2, 0.25) is 0 Å². The first kappa shape index (κ1) is 13.4. The van der Waals surface area contributed by atoms with E-state index >= 15 is 0 Å². The third-order valence-electron chi connectivity index (χ3n) is 2.98. The largest absolute Gasteiger partial charge is 0.383 e. The minimum atomic E-state index is -0.439. The highest BCUT2D eigenvalue weighted by Crippen LogP contribution is 2.27. The molecule has 16 heavy (non-hydrogen) atoms. The van der Waals surface area contributed by atoms with Crippen molar-refractivity contribution in [1.82, 2.24) is 10.2 Å². The molecule has 0 aromatic carbocycles. The number of nitriles is 1. The van der Waals surface area contributed by atoms with Gasteiger partial charge in [0.25, 0.3) is 0 Å². The van der Waals surface area contributed by atoms with Gasteiger partial charge in [0.05, 0.1) is 12.7 Å². The zero-order chi connectivity index (χ0) is 12.0. The lowest BCUT2D eigenvalue weighted by atomic mass is 10.0. The summed E-state index contributed by atoms with van der Waals surface area (Å²) in [6, 6.07) is 3.04. The van der Waals surface area contributed by atoms with Crippen molar-refractivity contribution < 1.29 is 4.74 Å². The third-order valence-corrected chi connectivity index (χ3v) is 2.98. The number of hydrogen-bond donors (Lipinski definition) is 1. The maximum atomic E-state index is 9.22. The van der Waals surface area contributed by atoms with E-state index in [9.17, 15) is 5.26 Å². The van der Waals surface area contributed by atoms with Gasteiger partial charge in [-0.1, -0.05) is 6.92 Å². The molecular weight excluding hydrogens is 202 g/mol. The number of nitrogens with zero attached hydrogens (tertiary/aromatic N) is 2.